The van der Waals surface area contributed by atoms with Gasteiger partial charge in [0, 0.05) is 18.3 Å². The average molecular weight is 189 g/mol. The molecular formula is C11H15N3. The average Bonchev–Trinajstić information content (AvgIpc) is 2.78. The Kier molecular flexibility index (Phi) is 1.98. The summed E-state index contributed by atoms with van der Waals surface area (Å²) in [6.45, 7) is 2.40. The third-order valence-electron chi connectivity index (χ3n) is 3.61. The number of rotatable bonds is 1. The topological polar surface area (TPSA) is 37.8 Å². The van der Waals surface area contributed by atoms with Crippen molar-refractivity contribution in [3.63, 3.8) is 0 Å². The highest BCUT2D eigenvalue weighted by molar-refractivity contribution is 5.04. The lowest BCUT2D eigenvalue weighted by Crippen LogP contribution is -2.12. The van der Waals surface area contributed by atoms with E-state index >= 15 is 0 Å². The molecular weight excluding hydrogens is 174 g/mol. The predicted octanol–water partition coefficient (Wildman–Crippen LogP) is 1.19. The van der Waals surface area contributed by atoms with E-state index in [-0.39, 0.29) is 0 Å². The summed E-state index contributed by atoms with van der Waals surface area (Å²) in [4.78, 5) is 8.71. The van der Waals surface area contributed by atoms with Crippen LogP contribution in [-0.4, -0.2) is 23.1 Å². The Morgan fingerprint density at radius 1 is 1.07 bits per heavy atom. The molecule has 1 saturated carbocycles. The first kappa shape index (κ1) is 8.36. The van der Waals surface area contributed by atoms with E-state index < -0.39 is 0 Å². The van der Waals surface area contributed by atoms with Crippen LogP contribution in [0.25, 0.3) is 0 Å². The van der Waals surface area contributed by atoms with E-state index in [0.717, 1.165) is 17.7 Å². The fourth-order valence-electron chi connectivity index (χ4n) is 2.90. The van der Waals surface area contributed by atoms with Crippen molar-refractivity contribution in [2.45, 2.75) is 18.8 Å². The molecule has 0 radical (unpaired) electrons. The molecule has 0 bridgehead atoms. The molecule has 3 nitrogen and oxygen atoms in total. The minimum atomic E-state index is 0.619. The first-order chi connectivity index (χ1) is 6.93. The van der Waals surface area contributed by atoms with E-state index in [0.29, 0.717) is 5.92 Å². The maximum atomic E-state index is 4.36. The second-order valence-electron chi connectivity index (χ2n) is 4.45. The van der Waals surface area contributed by atoms with E-state index in [2.05, 4.69) is 15.3 Å². The maximum Gasteiger partial charge on any atom is 0.131 e. The van der Waals surface area contributed by atoms with Gasteiger partial charge in [-0.1, -0.05) is 0 Å². The number of hydrogen-bond donors (Lipinski definition) is 1. The smallest absolute Gasteiger partial charge is 0.131 e. The zero-order chi connectivity index (χ0) is 9.38. The van der Waals surface area contributed by atoms with Crippen LogP contribution in [0.1, 0.15) is 24.6 Å². The largest absolute Gasteiger partial charge is 0.316 e. The van der Waals surface area contributed by atoms with Gasteiger partial charge in [-0.2, -0.15) is 0 Å². The van der Waals surface area contributed by atoms with Crippen molar-refractivity contribution in [3.8, 4) is 0 Å². The zero-order valence-electron chi connectivity index (χ0n) is 8.19. The third-order valence-corrected chi connectivity index (χ3v) is 3.61. The standard InChI is InChI=1S/C11H15N3/c1-2-13-11(14-3-1)8-4-9-6-12-7-10(9)5-8/h1-3,8-10,12H,4-7H2/t8?,9-,10?/m1/s1. The molecule has 14 heavy (non-hydrogen) atoms. The molecule has 3 rings (SSSR count). The molecule has 3 heteroatoms. The Balaban J connectivity index is 1.77. The molecule has 0 amide bonds. The highest BCUT2D eigenvalue weighted by Gasteiger charge is 2.38. The van der Waals surface area contributed by atoms with E-state index in [1.165, 1.54) is 25.9 Å². The minimum Gasteiger partial charge on any atom is -0.316 e. The summed E-state index contributed by atoms with van der Waals surface area (Å²) < 4.78 is 0. The monoisotopic (exact) mass is 189 g/mol. The van der Waals surface area contributed by atoms with E-state index in [1.807, 2.05) is 18.5 Å². The Morgan fingerprint density at radius 3 is 2.36 bits per heavy atom. The minimum absolute atomic E-state index is 0.619. The fraction of sp³-hybridized carbons (Fsp3) is 0.636. The molecule has 1 N–H and O–H groups in total. The summed E-state index contributed by atoms with van der Waals surface area (Å²) >= 11 is 0. The summed E-state index contributed by atoms with van der Waals surface area (Å²) in [6, 6.07) is 1.89. The Labute approximate surface area is 84.0 Å². The van der Waals surface area contributed by atoms with Crippen molar-refractivity contribution < 1.29 is 0 Å². The Bertz CT molecular complexity index is 300. The summed E-state index contributed by atoms with van der Waals surface area (Å²) in [7, 11) is 0. The van der Waals surface area contributed by atoms with Crippen LogP contribution >= 0.6 is 0 Å². The molecule has 1 saturated heterocycles. The quantitative estimate of drug-likeness (QED) is 0.721. The molecule has 1 aliphatic carbocycles. The lowest BCUT2D eigenvalue weighted by Gasteiger charge is -2.08. The molecule has 1 aromatic heterocycles. The van der Waals surface area contributed by atoms with Gasteiger partial charge in [0.25, 0.3) is 0 Å². The molecule has 2 heterocycles. The number of fused-ring (bicyclic) bond motifs is 1. The van der Waals surface area contributed by atoms with Crippen LogP contribution < -0.4 is 5.32 Å². The molecule has 0 spiro atoms. The lowest BCUT2D eigenvalue weighted by molar-refractivity contribution is 0.494. The van der Waals surface area contributed by atoms with Crippen LogP contribution in [-0.2, 0) is 0 Å². The summed E-state index contributed by atoms with van der Waals surface area (Å²) in [5.74, 6) is 3.43. The van der Waals surface area contributed by atoms with Gasteiger partial charge < -0.3 is 5.32 Å². The highest BCUT2D eigenvalue weighted by atomic mass is 14.9. The van der Waals surface area contributed by atoms with Gasteiger partial charge in [0.15, 0.2) is 0 Å². The van der Waals surface area contributed by atoms with Crippen LogP contribution in [0.3, 0.4) is 0 Å². The van der Waals surface area contributed by atoms with Crippen molar-refractivity contribution in [2.75, 3.05) is 13.1 Å². The van der Waals surface area contributed by atoms with E-state index in [1.54, 1.807) is 0 Å². The number of aromatic nitrogens is 2. The molecule has 2 aliphatic rings. The second-order valence-corrected chi connectivity index (χ2v) is 4.45. The molecule has 2 fully saturated rings. The van der Waals surface area contributed by atoms with Gasteiger partial charge in [-0.05, 0) is 43.8 Å². The Hall–Kier alpha value is -0.960. The molecule has 2 unspecified atom stereocenters. The van der Waals surface area contributed by atoms with Crippen LogP contribution in [0, 0.1) is 11.8 Å². The maximum absolute atomic E-state index is 4.36. The number of nitrogens with one attached hydrogen (secondary N) is 1. The van der Waals surface area contributed by atoms with Crippen molar-refractivity contribution in [1.29, 1.82) is 0 Å². The van der Waals surface area contributed by atoms with Crippen molar-refractivity contribution in [1.82, 2.24) is 15.3 Å². The van der Waals surface area contributed by atoms with E-state index in [4.69, 9.17) is 0 Å². The molecule has 3 atom stereocenters. The normalized spacial score (nSPS) is 35.9. The van der Waals surface area contributed by atoms with Gasteiger partial charge in [0.05, 0.1) is 0 Å². The summed E-state index contributed by atoms with van der Waals surface area (Å²) in [6.07, 6.45) is 6.27. The first-order valence-corrected chi connectivity index (χ1v) is 5.41. The Morgan fingerprint density at radius 2 is 1.71 bits per heavy atom. The molecule has 1 aromatic rings. The van der Waals surface area contributed by atoms with Gasteiger partial charge in [-0.25, -0.2) is 9.97 Å². The van der Waals surface area contributed by atoms with Gasteiger partial charge in [-0.3, -0.25) is 0 Å². The van der Waals surface area contributed by atoms with Crippen LogP contribution in [0.15, 0.2) is 18.5 Å². The number of nitrogens with zero attached hydrogens (tertiary/aromatic N) is 2. The lowest BCUT2D eigenvalue weighted by atomic mass is 10.0. The highest BCUT2D eigenvalue weighted by Crippen LogP contribution is 2.42. The van der Waals surface area contributed by atoms with Crippen LogP contribution in [0.5, 0.6) is 0 Å². The van der Waals surface area contributed by atoms with Gasteiger partial charge in [0.1, 0.15) is 5.82 Å². The van der Waals surface area contributed by atoms with Gasteiger partial charge in [-0.15, -0.1) is 0 Å². The van der Waals surface area contributed by atoms with Crippen LogP contribution in [0.4, 0.5) is 0 Å². The van der Waals surface area contributed by atoms with Gasteiger partial charge >= 0.3 is 0 Å². The van der Waals surface area contributed by atoms with Crippen molar-refractivity contribution in [2.24, 2.45) is 11.8 Å². The van der Waals surface area contributed by atoms with Crippen molar-refractivity contribution >= 4 is 0 Å². The van der Waals surface area contributed by atoms with Crippen LogP contribution in [0.2, 0.25) is 0 Å². The first-order valence-electron chi connectivity index (χ1n) is 5.41. The second kappa shape index (κ2) is 3.31. The predicted molar refractivity (Wildman–Crippen MR) is 53.9 cm³/mol. The summed E-state index contributed by atoms with van der Waals surface area (Å²) in [5.41, 5.74) is 0. The van der Waals surface area contributed by atoms with Gasteiger partial charge in [0.2, 0.25) is 0 Å². The zero-order valence-corrected chi connectivity index (χ0v) is 8.19. The SMILES string of the molecule is c1cnc(C2CC3CNC[C@H]3C2)nc1. The molecule has 0 aromatic carbocycles. The third kappa shape index (κ3) is 1.32. The number of hydrogen-bond acceptors (Lipinski definition) is 3. The molecule has 74 valence electrons. The summed E-state index contributed by atoms with van der Waals surface area (Å²) in [5, 5.41) is 3.46. The molecule has 1 aliphatic heterocycles. The fourth-order valence-corrected chi connectivity index (χ4v) is 2.90. The van der Waals surface area contributed by atoms with E-state index in [9.17, 15) is 0 Å². The van der Waals surface area contributed by atoms with Crippen molar-refractivity contribution in [3.05, 3.63) is 24.3 Å².